The molecule has 0 aliphatic rings. The number of nitrogens with zero attached hydrogens (tertiary/aromatic N) is 1. The number of hydrogen-bond acceptors (Lipinski definition) is 6. The fraction of sp³-hybridized carbons (Fsp3) is 0.429. The maximum atomic E-state index is 11.2. The van der Waals surface area contributed by atoms with Crippen LogP contribution in [-0.2, 0) is 4.74 Å². The summed E-state index contributed by atoms with van der Waals surface area (Å²) >= 11 is 5.31. The molecule has 0 saturated carbocycles. The lowest BCUT2D eigenvalue weighted by Crippen LogP contribution is -2.08. The average molecular weight is 219 g/mol. The minimum Gasteiger partial charge on any atom is -0.461 e. The molecule has 0 bridgehead atoms. The fourth-order valence-electron chi connectivity index (χ4n) is 0.678. The predicted molar refractivity (Wildman–Crippen MR) is 51.4 cm³/mol. The van der Waals surface area contributed by atoms with Crippen molar-refractivity contribution in [3.8, 4) is 0 Å². The lowest BCUT2D eigenvalue weighted by Gasteiger charge is -2.00. The SMILES string of the molecule is O=C(OCCCO)c1ncsc1S. The number of aliphatic hydroxyl groups excluding tert-OH is 1. The third kappa shape index (κ3) is 2.98. The maximum absolute atomic E-state index is 11.2. The van der Waals surface area contributed by atoms with Gasteiger partial charge in [0.05, 0.1) is 16.3 Å². The number of aromatic nitrogens is 1. The summed E-state index contributed by atoms with van der Waals surface area (Å²) in [6.07, 6.45) is 0.442. The van der Waals surface area contributed by atoms with Crippen LogP contribution in [0.1, 0.15) is 16.9 Å². The van der Waals surface area contributed by atoms with Crippen molar-refractivity contribution < 1.29 is 14.6 Å². The Morgan fingerprint density at radius 1 is 1.77 bits per heavy atom. The fourth-order valence-corrected chi connectivity index (χ4v) is 1.47. The van der Waals surface area contributed by atoms with Gasteiger partial charge in [0.2, 0.25) is 0 Å². The minimum atomic E-state index is -0.486. The largest absolute Gasteiger partial charge is 0.461 e. The standard InChI is InChI=1S/C7H9NO3S2/c9-2-1-3-11-6(10)5-7(12)13-4-8-5/h4,9,12H,1-3H2. The Morgan fingerprint density at radius 3 is 3.08 bits per heavy atom. The molecule has 4 nitrogen and oxygen atoms in total. The first-order valence-electron chi connectivity index (χ1n) is 3.66. The highest BCUT2D eigenvalue weighted by atomic mass is 32.2. The molecular weight excluding hydrogens is 210 g/mol. The van der Waals surface area contributed by atoms with Crippen LogP contribution in [0, 0.1) is 0 Å². The molecule has 1 heterocycles. The van der Waals surface area contributed by atoms with Gasteiger partial charge in [0.1, 0.15) is 0 Å². The number of carbonyl (C=O) groups excluding carboxylic acids is 1. The van der Waals surface area contributed by atoms with Gasteiger partial charge in [0, 0.05) is 13.0 Å². The topological polar surface area (TPSA) is 59.4 Å². The third-order valence-electron chi connectivity index (χ3n) is 1.28. The molecule has 0 atom stereocenters. The summed E-state index contributed by atoms with van der Waals surface area (Å²) in [5.74, 6) is -0.486. The number of esters is 1. The quantitative estimate of drug-likeness (QED) is 0.450. The predicted octanol–water partition coefficient (Wildman–Crippen LogP) is 0.971. The molecule has 1 aromatic heterocycles. The number of thiol groups is 1. The average Bonchev–Trinajstić information content (AvgIpc) is 2.52. The Hall–Kier alpha value is -0.590. The number of thiazole rings is 1. The Bertz CT molecular complexity index is 287. The van der Waals surface area contributed by atoms with Crippen molar-refractivity contribution in [2.45, 2.75) is 10.6 Å². The van der Waals surface area contributed by atoms with Gasteiger partial charge in [-0.2, -0.15) is 0 Å². The summed E-state index contributed by atoms with van der Waals surface area (Å²) in [6.45, 7) is 0.220. The maximum Gasteiger partial charge on any atom is 0.358 e. The summed E-state index contributed by atoms with van der Waals surface area (Å²) in [6, 6.07) is 0. The third-order valence-corrected chi connectivity index (χ3v) is 2.43. The molecule has 0 radical (unpaired) electrons. The van der Waals surface area contributed by atoms with Gasteiger partial charge < -0.3 is 9.84 Å². The molecule has 0 aliphatic heterocycles. The van der Waals surface area contributed by atoms with Crippen molar-refractivity contribution in [2.75, 3.05) is 13.2 Å². The molecule has 72 valence electrons. The Kier molecular flexibility index (Phi) is 4.20. The van der Waals surface area contributed by atoms with E-state index in [0.29, 0.717) is 10.6 Å². The number of hydrogen-bond donors (Lipinski definition) is 2. The van der Waals surface area contributed by atoms with Crippen molar-refractivity contribution in [1.82, 2.24) is 4.98 Å². The summed E-state index contributed by atoms with van der Waals surface area (Å²) in [7, 11) is 0. The van der Waals surface area contributed by atoms with E-state index in [1.54, 1.807) is 0 Å². The van der Waals surface area contributed by atoms with E-state index in [1.807, 2.05) is 0 Å². The lowest BCUT2D eigenvalue weighted by molar-refractivity contribution is 0.0472. The monoisotopic (exact) mass is 219 g/mol. The number of aliphatic hydroxyl groups is 1. The smallest absolute Gasteiger partial charge is 0.358 e. The molecule has 0 aromatic carbocycles. The zero-order valence-electron chi connectivity index (χ0n) is 6.77. The molecule has 0 fully saturated rings. The van der Waals surface area contributed by atoms with Gasteiger partial charge in [-0.1, -0.05) is 0 Å². The molecule has 1 aromatic rings. The highest BCUT2D eigenvalue weighted by Crippen LogP contribution is 2.18. The molecule has 0 saturated heterocycles. The van der Waals surface area contributed by atoms with Crippen LogP contribution in [0.2, 0.25) is 0 Å². The first kappa shape index (κ1) is 10.5. The normalized spacial score (nSPS) is 10.0. The Balaban J connectivity index is 2.45. The van der Waals surface area contributed by atoms with Gasteiger partial charge in [-0.25, -0.2) is 9.78 Å². The molecule has 1 rings (SSSR count). The van der Waals surface area contributed by atoms with E-state index in [4.69, 9.17) is 9.84 Å². The van der Waals surface area contributed by atoms with Gasteiger partial charge in [-0.15, -0.1) is 24.0 Å². The number of carbonyl (C=O) groups is 1. The molecule has 0 amide bonds. The van der Waals surface area contributed by atoms with Gasteiger partial charge >= 0.3 is 5.97 Å². The van der Waals surface area contributed by atoms with Gasteiger partial charge in [-0.05, 0) is 0 Å². The van der Waals surface area contributed by atoms with Crippen LogP contribution in [0.25, 0.3) is 0 Å². The molecule has 13 heavy (non-hydrogen) atoms. The summed E-state index contributed by atoms with van der Waals surface area (Å²) in [5.41, 5.74) is 1.77. The second-order valence-electron chi connectivity index (χ2n) is 2.22. The highest BCUT2D eigenvalue weighted by molar-refractivity contribution is 7.82. The zero-order chi connectivity index (χ0) is 9.68. The molecule has 0 unspecified atom stereocenters. The lowest BCUT2D eigenvalue weighted by atomic mass is 10.5. The Labute approximate surface area is 85.0 Å². The van der Waals surface area contributed by atoms with Crippen LogP contribution in [0.15, 0.2) is 9.72 Å². The van der Waals surface area contributed by atoms with Crippen molar-refractivity contribution in [1.29, 1.82) is 0 Å². The van der Waals surface area contributed by atoms with Crippen molar-refractivity contribution in [3.63, 3.8) is 0 Å². The summed E-state index contributed by atoms with van der Waals surface area (Å²) < 4.78 is 5.35. The zero-order valence-corrected chi connectivity index (χ0v) is 8.48. The molecular formula is C7H9NO3S2. The van der Waals surface area contributed by atoms with Gasteiger partial charge in [0.15, 0.2) is 5.69 Å². The van der Waals surface area contributed by atoms with Crippen molar-refractivity contribution >= 4 is 29.9 Å². The van der Waals surface area contributed by atoms with E-state index in [9.17, 15) is 4.79 Å². The second kappa shape index (κ2) is 5.21. The second-order valence-corrected chi connectivity index (χ2v) is 3.82. The van der Waals surface area contributed by atoms with E-state index >= 15 is 0 Å². The van der Waals surface area contributed by atoms with Crippen LogP contribution in [-0.4, -0.2) is 29.3 Å². The van der Waals surface area contributed by atoms with Crippen LogP contribution < -0.4 is 0 Å². The van der Waals surface area contributed by atoms with E-state index in [1.165, 1.54) is 16.8 Å². The number of ether oxygens (including phenoxy) is 1. The summed E-state index contributed by atoms with van der Waals surface area (Å²) in [4.78, 5) is 15.0. The van der Waals surface area contributed by atoms with E-state index in [2.05, 4.69) is 17.6 Å². The first-order valence-corrected chi connectivity index (χ1v) is 4.99. The summed E-state index contributed by atoms with van der Waals surface area (Å²) in [5, 5.41) is 8.44. The highest BCUT2D eigenvalue weighted by Gasteiger charge is 2.13. The first-order chi connectivity index (χ1) is 6.25. The Morgan fingerprint density at radius 2 is 2.54 bits per heavy atom. The van der Waals surface area contributed by atoms with Crippen LogP contribution in [0.3, 0.4) is 0 Å². The van der Waals surface area contributed by atoms with Crippen molar-refractivity contribution in [3.05, 3.63) is 11.2 Å². The van der Waals surface area contributed by atoms with Crippen LogP contribution in [0.4, 0.5) is 0 Å². The van der Waals surface area contributed by atoms with Gasteiger partial charge in [0.25, 0.3) is 0 Å². The van der Waals surface area contributed by atoms with Crippen LogP contribution >= 0.6 is 24.0 Å². The van der Waals surface area contributed by atoms with E-state index < -0.39 is 5.97 Å². The van der Waals surface area contributed by atoms with Crippen molar-refractivity contribution in [2.24, 2.45) is 0 Å². The van der Waals surface area contributed by atoms with E-state index in [-0.39, 0.29) is 18.9 Å². The number of rotatable bonds is 4. The van der Waals surface area contributed by atoms with E-state index in [0.717, 1.165) is 0 Å². The molecule has 0 aliphatic carbocycles. The minimum absolute atomic E-state index is 0.0120. The molecule has 1 N–H and O–H groups in total. The molecule has 6 heteroatoms. The molecule has 0 spiro atoms. The van der Waals surface area contributed by atoms with Gasteiger partial charge in [-0.3, -0.25) is 0 Å². The van der Waals surface area contributed by atoms with Crippen LogP contribution in [0.5, 0.6) is 0 Å².